The molecular weight excluding hydrogens is 969 g/mol. The fraction of sp³-hybridized carbons (Fsp3) is 0. The lowest BCUT2D eigenvalue weighted by Crippen LogP contribution is -2.12. The Morgan fingerprint density at radius 1 is 0.225 bits per heavy atom. The summed E-state index contributed by atoms with van der Waals surface area (Å²) in [7, 11) is 0. The summed E-state index contributed by atoms with van der Waals surface area (Å²) in [5.41, 5.74) is 21.1. The molecule has 0 saturated heterocycles. The molecule has 12 aromatic carbocycles. The Kier molecular flexibility index (Phi) is 13.8. The van der Waals surface area contributed by atoms with Crippen LogP contribution in [-0.2, 0) is 0 Å². The number of fused-ring (bicyclic) bond motifs is 1. The number of rotatable bonds is 15. The zero-order valence-corrected chi connectivity index (χ0v) is 44.1. The third-order valence-electron chi connectivity index (χ3n) is 14.8. The maximum Gasteiger partial charge on any atom is 0.0540 e. The van der Waals surface area contributed by atoms with Crippen molar-refractivity contribution < 1.29 is 0 Å². The lowest BCUT2D eigenvalue weighted by atomic mass is 9.85. The highest BCUT2D eigenvalue weighted by atomic mass is 15.2. The summed E-state index contributed by atoms with van der Waals surface area (Å²) in [4.78, 5) is 6.98. The minimum absolute atomic E-state index is 1.06. The van der Waals surface area contributed by atoms with Crippen molar-refractivity contribution in [2.75, 3.05) is 14.7 Å². The van der Waals surface area contributed by atoms with Crippen molar-refractivity contribution in [1.82, 2.24) is 4.57 Å². The standard InChI is InChI=1S/C76H56N4/c1-8-24-57(25-9-1)74-56-62-30-22-23-39-73(62)80(74)72-54-52-71(53-55-72)79(66-37-20-7-21-38-66)68-46-42-61(43-47-68)76(59-28-12-3-13-29-59)75(58-26-10-2-11-27-58)60-40-44-67(45-41-60)78(65-35-18-6-19-36-65)70-50-48-69(49-51-70)77(63-31-14-4-15-32-63)64-33-16-5-17-34-64/h1-56H/b76-75+. The van der Waals surface area contributed by atoms with Gasteiger partial charge in [-0.1, -0.05) is 206 Å². The molecule has 0 saturated carbocycles. The van der Waals surface area contributed by atoms with E-state index in [0.717, 1.165) is 96.0 Å². The summed E-state index contributed by atoms with van der Waals surface area (Å²) in [6.07, 6.45) is 0. The number of hydrogen-bond acceptors (Lipinski definition) is 3. The van der Waals surface area contributed by atoms with Crippen LogP contribution in [0.3, 0.4) is 0 Å². The quantitative estimate of drug-likeness (QED) is 0.0951. The highest BCUT2D eigenvalue weighted by Crippen LogP contribution is 2.43. The van der Waals surface area contributed by atoms with E-state index in [1.54, 1.807) is 0 Å². The van der Waals surface area contributed by atoms with Gasteiger partial charge in [0.05, 0.1) is 11.2 Å². The number of anilines is 9. The first kappa shape index (κ1) is 48.9. The van der Waals surface area contributed by atoms with Gasteiger partial charge in [-0.15, -0.1) is 0 Å². The molecule has 0 amide bonds. The van der Waals surface area contributed by atoms with Crippen molar-refractivity contribution >= 4 is 73.2 Å². The first-order valence-electron chi connectivity index (χ1n) is 27.2. The minimum atomic E-state index is 1.06. The number of benzene rings is 12. The molecule has 13 aromatic rings. The monoisotopic (exact) mass is 1020 g/mol. The summed E-state index contributed by atoms with van der Waals surface area (Å²) >= 11 is 0. The number of nitrogens with zero attached hydrogens (tertiary/aromatic N) is 4. The van der Waals surface area contributed by atoms with E-state index in [1.807, 2.05) is 0 Å². The smallest absolute Gasteiger partial charge is 0.0540 e. The highest BCUT2D eigenvalue weighted by molar-refractivity contribution is 6.05. The van der Waals surface area contributed by atoms with E-state index in [1.165, 1.54) is 16.5 Å². The van der Waals surface area contributed by atoms with Gasteiger partial charge in [-0.05, 0) is 172 Å². The molecule has 380 valence electrons. The Bertz CT molecular complexity index is 4110. The number of hydrogen-bond donors (Lipinski definition) is 0. The summed E-state index contributed by atoms with van der Waals surface area (Å²) in [5, 5.41) is 1.21. The van der Waals surface area contributed by atoms with Crippen molar-refractivity contribution in [3.05, 3.63) is 362 Å². The van der Waals surface area contributed by atoms with Crippen LogP contribution in [0.1, 0.15) is 22.3 Å². The van der Waals surface area contributed by atoms with Gasteiger partial charge in [-0.25, -0.2) is 0 Å². The second kappa shape index (κ2) is 22.5. The molecule has 0 aliphatic heterocycles. The molecule has 0 bridgehead atoms. The molecule has 4 heteroatoms. The zero-order chi connectivity index (χ0) is 53.5. The van der Waals surface area contributed by atoms with Crippen LogP contribution in [0.5, 0.6) is 0 Å². The molecule has 13 rings (SSSR count). The van der Waals surface area contributed by atoms with Crippen LogP contribution in [0.25, 0.3) is 39.0 Å². The Morgan fingerprint density at radius 2 is 0.487 bits per heavy atom. The van der Waals surface area contributed by atoms with E-state index in [4.69, 9.17) is 0 Å². The molecule has 80 heavy (non-hydrogen) atoms. The van der Waals surface area contributed by atoms with Crippen LogP contribution >= 0.6 is 0 Å². The summed E-state index contributed by atoms with van der Waals surface area (Å²) in [6, 6.07) is 122. The fourth-order valence-corrected chi connectivity index (χ4v) is 11.1. The van der Waals surface area contributed by atoms with Crippen molar-refractivity contribution in [2.24, 2.45) is 0 Å². The van der Waals surface area contributed by atoms with Crippen molar-refractivity contribution in [3.8, 4) is 16.9 Å². The van der Waals surface area contributed by atoms with Crippen molar-refractivity contribution in [3.63, 3.8) is 0 Å². The molecule has 0 spiro atoms. The van der Waals surface area contributed by atoms with Crippen LogP contribution in [-0.4, -0.2) is 4.57 Å². The Labute approximate surface area is 468 Å². The van der Waals surface area contributed by atoms with Crippen LogP contribution < -0.4 is 14.7 Å². The molecule has 0 aliphatic carbocycles. The fourth-order valence-electron chi connectivity index (χ4n) is 11.1. The summed E-state index contributed by atoms with van der Waals surface area (Å²) in [6.45, 7) is 0. The molecule has 0 unspecified atom stereocenters. The number of para-hydroxylation sites is 5. The highest BCUT2D eigenvalue weighted by Gasteiger charge is 2.21. The Balaban J connectivity index is 0.884. The maximum absolute atomic E-state index is 2.37. The van der Waals surface area contributed by atoms with Crippen molar-refractivity contribution in [1.29, 1.82) is 0 Å². The molecular formula is C76H56N4. The molecule has 0 fully saturated rings. The van der Waals surface area contributed by atoms with E-state index in [-0.39, 0.29) is 0 Å². The second-order valence-corrected chi connectivity index (χ2v) is 19.7. The number of aromatic nitrogens is 1. The Hall–Kier alpha value is -10.7. The van der Waals surface area contributed by atoms with Gasteiger partial charge >= 0.3 is 0 Å². The predicted octanol–water partition coefficient (Wildman–Crippen LogP) is 20.7. The third-order valence-corrected chi connectivity index (χ3v) is 14.8. The van der Waals surface area contributed by atoms with E-state index in [2.05, 4.69) is 359 Å². The summed E-state index contributed by atoms with van der Waals surface area (Å²) < 4.78 is 2.37. The average molecular weight is 1030 g/mol. The van der Waals surface area contributed by atoms with E-state index >= 15 is 0 Å². The van der Waals surface area contributed by atoms with E-state index < -0.39 is 0 Å². The van der Waals surface area contributed by atoms with E-state index in [0.29, 0.717) is 0 Å². The van der Waals surface area contributed by atoms with Gasteiger partial charge in [0.1, 0.15) is 0 Å². The maximum atomic E-state index is 2.37. The molecule has 0 aliphatic rings. The first-order chi connectivity index (χ1) is 39.7. The van der Waals surface area contributed by atoms with Crippen LogP contribution in [0.15, 0.2) is 340 Å². The molecule has 4 nitrogen and oxygen atoms in total. The summed E-state index contributed by atoms with van der Waals surface area (Å²) in [5.74, 6) is 0. The van der Waals surface area contributed by atoms with Gasteiger partial charge in [0.2, 0.25) is 0 Å². The van der Waals surface area contributed by atoms with Crippen molar-refractivity contribution in [2.45, 2.75) is 0 Å². The first-order valence-corrected chi connectivity index (χ1v) is 27.2. The third kappa shape index (κ3) is 9.97. The topological polar surface area (TPSA) is 14.7 Å². The lowest BCUT2D eigenvalue weighted by molar-refractivity contribution is 1.13. The van der Waals surface area contributed by atoms with Gasteiger partial charge in [-0.3, -0.25) is 0 Å². The SMILES string of the molecule is c1ccc(/C(=C(/c2ccccc2)c2ccc(N(c3ccccc3)c3ccc(-n4c(-c5ccccc5)cc5ccccc54)cc3)cc2)c2ccc(N(c3ccccc3)c3ccc(N(c4ccccc4)c4ccccc4)cc3)cc2)cc1. The molecule has 1 heterocycles. The minimum Gasteiger partial charge on any atom is -0.311 e. The zero-order valence-electron chi connectivity index (χ0n) is 44.1. The lowest BCUT2D eigenvalue weighted by Gasteiger charge is -2.28. The largest absolute Gasteiger partial charge is 0.311 e. The average Bonchev–Trinajstić information content (AvgIpc) is 4.06. The second-order valence-electron chi connectivity index (χ2n) is 19.7. The van der Waals surface area contributed by atoms with Gasteiger partial charge in [0, 0.05) is 62.3 Å². The molecule has 0 N–H and O–H groups in total. The predicted molar refractivity (Wildman–Crippen MR) is 337 cm³/mol. The Morgan fingerprint density at radius 3 is 0.850 bits per heavy atom. The van der Waals surface area contributed by atoms with Crippen LogP contribution in [0.2, 0.25) is 0 Å². The van der Waals surface area contributed by atoms with Gasteiger partial charge in [-0.2, -0.15) is 0 Å². The van der Waals surface area contributed by atoms with Crippen LogP contribution in [0.4, 0.5) is 51.2 Å². The van der Waals surface area contributed by atoms with Gasteiger partial charge in [0.25, 0.3) is 0 Å². The molecule has 0 radical (unpaired) electrons. The van der Waals surface area contributed by atoms with E-state index in [9.17, 15) is 0 Å². The van der Waals surface area contributed by atoms with Gasteiger partial charge < -0.3 is 19.3 Å². The molecule has 0 atom stereocenters. The van der Waals surface area contributed by atoms with Gasteiger partial charge in [0.15, 0.2) is 0 Å². The normalized spacial score (nSPS) is 11.4. The molecule has 1 aromatic heterocycles. The van der Waals surface area contributed by atoms with Crippen LogP contribution in [0, 0.1) is 0 Å².